The molecule has 0 spiro atoms. The second-order valence-electron chi connectivity index (χ2n) is 6.04. The van der Waals surface area contributed by atoms with Gasteiger partial charge in [0.25, 0.3) is 0 Å². The van der Waals surface area contributed by atoms with Crippen LogP contribution in [-0.4, -0.2) is 31.5 Å². The zero-order valence-electron chi connectivity index (χ0n) is 12.1. The SMILES string of the molecule is CS(=O)(=O)CC1CC(NCc2ccc3ncccc3c2)C1. The van der Waals surface area contributed by atoms with Crippen molar-refractivity contribution in [1.29, 1.82) is 0 Å². The van der Waals surface area contributed by atoms with E-state index in [9.17, 15) is 8.42 Å². The van der Waals surface area contributed by atoms with E-state index in [0.29, 0.717) is 17.7 Å². The first-order valence-corrected chi connectivity index (χ1v) is 9.30. The average Bonchev–Trinajstić information content (AvgIpc) is 2.40. The lowest BCUT2D eigenvalue weighted by Gasteiger charge is -2.35. The van der Waals surface area contributed by atoms with Crippen LogP contribution in [0.15, 0.2) is 36.5 Å². The fourth-order valence-electron chi connectivity index (χ4n) is 2.96. The van der Waals surface area contributed by atoms with Crippen LogP contribution in [0.4, 0.5) is 0 Å². The summed E-state index contributed by atoms with van der Waals surface area (Å²) in [5.41, 5.74) is 2.25. The maximum atomic E-state index is 11.2. The van der Waals surface area contributed by atoms with Gasteiger partial charge in [-0.3, -0.25) is 4.98 Å². The summed E-state index contributed by atoms with van der Waals surface area (Å²) in [6, 6.07) is 10.7. The Morgan fingerprint density at radius 1 is 1.29 bits per heavy atom. The number of rotatable bonds is 5. The maximum Gasteiger partial charge on any atom is 0.147 e. The molecule has 2 aromatic rings. The molecule has 1 aromatic carbocycles. The van der Waals surface area contributed by atoms with Crippen LogP contribution in [0.5, 0.6) is 0 Å². The Kier molecular flexibility index (Phi) is 3.95. The third-order valence-electron chi connectivity index (χ3n) is 4.04. The van der Waals surface area contributed by atoms with Crippen molar-refractivity contribution in [2.24, 2.45) is 5.92 Å². The summed E-state index contributed by atoms with van der Waals surface area (Å²) in [5.74, 6) is 0.658. The molecule has 0 bridgehead atoms. The van der Waals surface area contributed by atoms with E-state index >= 15 is 0 Å². The van der Waals surface area contributed by atoms with Gasteiger partial charge in [-0.05, 0) is 42.5 Å². The summed E-state index contributed by atoms with van der Waals surface area (Å²) >= 11 is 0. The number of pyridine rings is 1. The summed E-state index contributed by atoms with van der Waals surface area (Å²) in [7, 11) is -2.83. The molecule has 0 aliphatic heterocycles. The number of sulfone groups is 1. The highest BCUT2D eigenvalue weighted by Crippen LogP contribution is 2.28. The zero-order chi connectivity index (χ0) is 14.9. The standard InChI is InChI=1S/C16H20N2O2S/c1-21(19,20)11-13-8-15(9-13)18-10-12-4-5-16-14(7-12)3-2-6-17-16/h2-7,13,15,18H,8-11H2,1H3. The van der Waals surface area contributed by atoms with Crippen LogP contribution in [0.3, 0.4) is 0 Å². The minimum Gasteiger partial charge on any atom is -0.310 e. The molecule has 0 atom stereocenters. The van der Waals surface area contributed by atoms with Gasteiger partial charge in [0.05, 0.1) is 11.3 Å². The lowest BCUT2D eigenvalue weighted by molar-refractivity contribution is 0.242. The summed E-state index contributed by atoms with van der Waals surface area (Å²) in [5, 5.41) is 4.65. The van der Waals surface area contributed by atoms with Crippen molar-refractivity contribution >= 4 is 20.7 Å². The van der Waals surface area contributed by atoms with Gasteiger partial charge in [-0.15, -0.1) is 0 Å². The quantitative estimate of drug-likeness (QED) is 0.919. The molecule has 21 heavy (non-hydrogen) atoms. The third-order valence-corrected chi connectivity index (χ3v) is 5.11. The molecule has 0 radical (unpaired) electrons. The van der Waals surface area contributed by atoms with Gasteiger partial charge in [0.1, 0.15) is 9.84 Å². The van der Waals surface area contributed by atoms with Gasteiger partial charge in [-0.25, -0.2) is 8.42 Å². The minimum absolute atomic E-state index is 0.326. The highest BCUT2D eigenvalue weighted by Gasteiger charge is 2.30. The first kappa shape index (κ1) is 14.5. The molecule has 0 amide bonds. The van der Waals surface area contributed by atoms with Crippen molar-refractivity contribution in [3.63, 3.8) is 0 Å². The molecule has 0 unspecified atom stereocenters. The normalized spacial score (nSPS) is 22.1. The highest BCUT2D eigenvalue weighted by molar-refractivity contribution is 7.90. The van der Waals surface area contributed by atoms with E-state index in [2.05, 4.69) is 28.5 Å². The van der Waals surface area contributed by atoms with Crippen LogP contribution in [0.1, 0.15) is 18.4 Å². The van der Waals surface area contributed by atoms with E-state index in [-0.39, 0.29) is 0 Å². The number of hydrogen-bond donors (Lipinski definition) is 1. The topological polar surface area (TPSA) is 59.1 Å². The van der Waals surface area contributed by atoms with E-state index in [1.165, 1.54) is 11.8 Å². The second-order valence-corrected chi connectivity index (χ2v) is 8.22. The van der Waals surface area contributed by atoms with Crippen molar-refractivity contribution in [2.75, 3.05) is 12.0 Å². The predicted octanol–water partition coefficient (Wildman–Crippen LogP) is 2.15. The van der Waals surface area contributed by atoms with E-state index in [4.69, 9.17) is 0 Å². The van der Waals surface area contributed by atoms with Crippen LogP contribution in [0, 0.1) is 5.92 Å². The molecule has 5 heteroatoms. The molecular formula is C16H20N2O2S. The van der Waals surface area contributed by atoms with Crippen molar-refractivity contribution in [2.45, 2.75) is 25.4 Å². The number of fused-ring (bicyclic) bond motifs is 1. The fraction of sp³-hybridized carbons (Fsp3) is 0.438. The van der Waals surface area contributed by atoms with Gasteiger partial charge in [-0.1, -0.05) is 12.1 Å². The summed E-state index contributed by atoms with van der Waals surface area (Å²) in [6.07, 6.45) is 5.04. The Morgan fingerprint density at radius 2 is 2.10 bits per heavy atom. The van der Waals surface area contributed by atoms with Gasteiger partial charge < -0.3 is 5.32 Å². The van der Waals surface area contributed by atoms with Crippen LogP contribution < -0.4 is 5.32 Å². The second kappa shape index (κ2) is 5.73. The van der Waals surface area contributed by atoms with E-state index in [1.807, 2.05) is 12.1 Å². The largest absolute Gasteiger partial charge is 0.310 e. The molecule has 1 aliphatic carbocycles. The van der Waals surface area contributed by atoms with Gasteiger partial charge in [0.2, 0.25) is 0 Å². The van der Waals surface area contributed by atoms with Crippen molar-refractivity contribution < 1.29 is 8.42 Å². The van der Waals surface area contributed by atoms with E-state index in [1.54, 1.807) is 6.20 Å². The molecular weight excluding hydrogens is 284 g/mol. The van der Waals surface area contributed by atoms with Gasteiger partial charge >= 0.3 is 0 Å². The van der Waals surface area contributed by atoms with Crippen LogP contribution in [0.25, 0.3) is 10.9 Å². The van der Waals surface area contributed by atoms with E-state index in [0.717, 1.165) is 30.3 Å². The van der Waals surface area contributed by atoms with Crippen molar-refractivity contribution in [1.82, 2.24) is 10.3 Å². The number of nitrogens with zero attached hydrogens (tertiary/aromatic N) is 1. The molecule has 1 N–H and O–H groups in total. The monoisotopic (exact) mass is 304 g/mol. The Labute approximate surface area is 125 Å². The van der Waals surface area contributed by atoms with Gasteiger partial charge in [-0.2, -0.15) is 0 Å². The predicted molar refractivity (Wildman–Crippen MR) is 84.8 cm³/mol. The first-order valence-electron chi connectivity index (χ1n) is 7.24. The lowest BCUT2D eigenvalue weighted by atomic mass is 9.81. The number of nitrogens with one attached hydrogen (secondary N) is 1. The van der Waals surface area contributed by atoms with Crippen LogP contribution >= 0.6 is 0 Å². The van der Waals surface area contributed by atoms with Crippen LogP contribution in [-0.2, 0) is 16.4 Å². The van der Waals surface area contributed by atoms with E-state index < -0.39 is 9.84 Å². The van der Waals surface area contributed by atoms with Gasteiger partial charge in [0, 0.05) is 30.4 Å². The average molecular weight is 304 g/mol. The summed E-state index contributed by atoms with van der Waals surface area (Å²) in [4.78, 5) is 4.31. The van der Waals surface area contributed by atoms with Crippen LogP contribution in [0.2, 0.25) is 0 Å². The Bertz CT molecular complexity index is 737. The van der Waals surface area contributed by atoms with Crippen molar-refractivity contribution in [3.05, 3.63) is 42.1 Å². The minimum atomic E-state index is -2.83. The Morgan fingerprint density at radius 3 is 2.86 bits per heavy atom. The van der Waals surface area contributed by atoms with Gasteiger partial charge in [0.15, 0.2) is 0 Å². The Hall–Kier alpha value is -1.46. The molecule has 3 rings (SSSR count). The lowest BCUT2D eigenvalue weighted by Crippen LogP contribution is -2.43. The Balaban J connectivity index is 1.52. The number of hydrogen-bond acceptors (Lipinski definition) is 4. The molecule has 1 heterocycles. The molecule has 1 aromatic heterocycles. The molecule has 0 saturated heterocycles. The number of aromatic nitrogens is 1. The number of benzene rings is 1. The smallest absolute Gasteiger partial charge is 0.147 e. The molecule has 4 nitrogen and oxygen atoms in total. The summed E-state index contributed by atoms with van der Waals surface area (Å²) < 4.78 is 22.4. The summed E-state index contributed by atoms with van der Waals surface area (Å²) in [6.45, 7) is 0.821. The molecule has 1 aliphatic rings. The molecule has 1 fully saturated rings. The molecule has 112 valence electrons. The fourth-order valence-corrected chi connectivity index (χ4v) is 4.09. The zero-order valence-corrected chi connectivity index (χ0v) is 12.9. The molecule has 1 saturated carbocycles. The third kappa shape index (κ3) is 3.80. The first-order chi connectivity index (χ1) is 9.99. The maximum absolute atomic E-state index is 11.2. The van der Waals surface area contributed by atoms with Crippen molar-refractivity contribution in [3.8, 4) is 0 Å². The highest BCUT2D eigenvalue weighted by atomic mass is 32.2.